The minimum absolute atomic E-state index is 0.404. The molecule has 0 aliphatic carbocycles. The fourth-order valence-electron chi connectivity index (χ4n) is 2.45. The molecule has 0 fully saturated rings. The van der Waals surface area contributed by atoms with E-state index in [9.17, 15) is 9.90 Å². The van der Waals surface area contributed by atoms with Crippen LogP contribution in [0.3, 0.4) is 0 Å². The molecule has 2 atom stereocenters. The average Bonchev–Trinajstić information content (AvgIpc) is 2.62. The number of para-hydroxylation sites is 1. The third-order valence-corrected chi connectivity index (χ3v) is 4.46. The number of benzene rings is 2. The second kappa shape index (κ2) is 7.31. The zero-order chi connectivity index (χ0) is 17.9. The number of aliphatic hydroxyl groups is 1. The number of rotatable bonds is 4. The van der Waals surface area contributed by atoms with Gasteiger partial charge in [0, 0.05) is 16.4 Å². The van der Waals surface area contributed by atoms with Crippen molar-refractivity contribution in [1.29, 1.82) is 0 Å². The van der Waals surface area contributed by atoms with Crippen LogP contribution < -0.4 is 10.6 Å². The molecule has 0 saturated heterocycles. The number of alkyl halides is 1. The van der Waals surface area contributed by atoms with Crippen LogP contribution in [0.5, 0.6) is 0 Å². The lowest BCUT2D eigenvalue weighted by molar-refractivity contribution is -0.116. The summed E-state index contributed by atoms with van der Waals surface area (Å²) >= 11 is 12.3. The molecule has 2 aromatic rings. The quantitative estimate of drug-likeness (QED) is 0.709. The number of dihydropyridines is 1. The topological polar surface area (TPSA) is 61.4 Å². The zero-order valence-electron chi connectivity index (χ0n) is 13.1. The Hall–Kier alpha value is -2.27. The number of anilines is 1. The van der Waals surface area contributed by atoms with Crippen molar-refractivity contribution in [2.24, 2.45) is 0 Å². The van der Waals surface area contributed by atoms with Crippen molar-refractivity contribution >= 4 is 34.8 Å². The highest BCUT2D eigenvalue weighted by molar-refractivity contribution is 6.39. The Labute approximate surface area is 155 Å². The lowest BCUT2D eigenvalue weighted by Crippen LogP contribution is -2.38. The molecule has 3 N–H and O–H groups in total. The van der Waals surface area contributed by atoms with Gasteiger partial charge in [-0.15, -0.1) is 0 Å². The van der Waals surface area contributed by atoms with Crippen molar-refractivity contribution < 1.29 is 9.90 Å². The van der Waals surface area contributed by atoms with Gasteiger partial charge in [-0.2, -0.15) is 0 Å². The molecule has 2 aromatic carbocycles. The van der Waals surface area contributed by atoms with E-state index in [4.69, 9.17) is 23.2 Å². The molecule has 0 aromatic heterocycles. The van der Waals surface area contributed by atoms with Gasteiger partial charge < -0.3 is 15.7 Å². The van der Waals surface area contributed by atoms with Gasteiger partial charge in [0.2, 0.25) is 0 Å². The Kier molecular flexibility index (Phi) is 5.13. The maximum absolute atomic E-state index is 12.6. The number of amides is 1. The second-order valence-electron chi connectivity index (χ2n) is 5.62. The van der Waals surface area contributed by atoms with Crippen LogP contribution >= 0.6 is 23.2 Å². The average molecular weight is 375 g/mol. The zero-order valence-corrected chi connectivity index (χ0v) is 14.6. The summed E-state index contributed by atoms with van der Waals surface area (Å²) in [5, 5.41) is 16.8. The molecule has 6 heteroatoms. The molecule has 1 heterocycles. The number of hydrogen-bond donors (Lipinski definition) is 3. The van der Waals surface area contributed by atoms with Crippen LogP contribution in [-0.4, -0.2) is 15.9 Å². The number of aliphatic hydroxyl groups excluding tert-OH is 1. The molecule has 1 aliphatic rings. The van der Waals surface area contributed by atoms with E-state index in [0.717, 1.165) is 0 Å². The highest BCUT2D eigenvalue weighted by Gasteiger charge is 2.35. The Morgan fingerprint density at radius 1 is 1.12 bits per heavy atom. The molecule has 0 saturated carbocycles. The largest absolute Gasteiger partial charge is 0.382 e. The minimum atomic E-state index is -1.40. The highest BCUT2D eigenvalue weighted by atomic mass is 35.5. The van der Waals surface area contributed by atoms with Gasteiger partial charge in [-0.25, -0.2) is 0 Å². The third-order valence-electron chi connectivity index (χ3n) is 3.80. The molecule has 4 nitrogen and oxygen atoms in total. The van der Waals surface area contributed by atoms with Gasteiger partial charge in [-0.3, -0.25) is 4.79 Å². The summed E-state index contributed by atoms with van der Waals surface area (Å²) in [4.78, 5) is 11.2. The van der Waals surface area contributed by atoms with Gasteiger partial charge in [-0.05, 0) is 48.2 Å². The summed E-state index contributed by atoms with van der Waals surface area (Å²) in [6.45, 7) is 0. The van der Waals surface area contributed by atoms with Crippen LogP contribution in [-0.2, 0) is 4.79 Å². The first kappa shape index (κ1) is 17.5. The standard InChI is InChI=1S/C19H16Cl2N2O2/c20-14-8-6-13(7-9-14)17(24)16-12-19(21,10-11-22-16)18(25)23-15-4-2-1-3-5-15/h1-12,17,22,24H,(H,23,25). The van der Waals surface area contributed by atoms with Crippen molar-refractivity contribution in [1.82, 2.24) is 5.32 Å². The van der Waals surface area contributed by atoms with Crippen LogP contribution in [0.1, 0.15) is 11.7 Å². The van der Waals surface area contributed by atoms with Crippen molar-refractivity contribution in [2.45, 2.75) is 11.0 Å². The highest BCUT2D eigenvalue weighted by Crippen LogP contribution is 2.30. The molecule has 0 spiro atoms. The normalized spacial score (nSPS) is 20.4. The maximum atomic E-state index is 12.6. The second-order valence-corrected chi connectivity index (χ2v) is 6.68. The minimum Gasteiger partial charge on any atom is -0.382 e. The Morgan fingerprint density at radius 3 is 2.48 bits per heavy atom. The smallest absolute Gasteiger partial charge is 0.253 e. The Morgan fingerprint density at radius 2 is 1.80 bits per heavy atom. The molecular weight excluding hydrogens is 359 g/mol. The Balaban J connectivity index is 1.81. The molecular formula is C19H16Cl2N2O2. The van der Waals surface area contributed by atoms with Crippen LogP contribution in [0.25, 0.3) is 0 Å². The van der Waals surface area contributed by atoms with E-state index < -0.39 is 16.9 Å². The van der Waals surface area contributed by atoms with E-state index >= 15 is 0 Å². The lowest BCUT2D eigenvalue weighted by atomic mass is 9.98. The summed E-state index contributed by atoms with van der Waals surface area (Å²) < 4.78 is 0. The Bertz CT molecular complexity index is 819. The monoisotopic (exact) mass is 374 g/mol. The molecule has 3 rings (SSSR count). The van der Waals surface area contributed by atoms with Crippen molar-refractivity contribution in [2.75, 3.05) is 5.32 Å². The predicted molar refractivity (Wildman–Crippen MR) is 100 cm³/mol. The van der Waals surface area contributed by atoms with Gasteiger partial charge in [0.1, 0.15) is 6.10 Å². The fraction of sp³-hybridized carbons (Fsp3) is 0.105. The van der Waals surface area contributed by atoms with Crippen molar-refractivity contribution in [3.8, 4) is 0 Å². The summed E-state index contributed by atoms with van der Waals surface area (Å²) in [7, 11) is 0. The summed E-state index contributed by atoms with van der Waals surface area (Å²) in [6.07, 6.45) is 3.63. The first-order valence-electron chi connectivity index (χ1n) is 7.64. The van der Waals surface area contributed by atoms with Gasteiger partial charge in [0.15, 0.2) is 4.87 Å². The van der Waals surface area contributed by atoms with E-state index in [0.29, 0.717) is 22.0 Å². The molecule has 0 bridgehead atoms. The van der Waals surface area contributed by atoms with E-state index in [2.05, 4.69) is 10.6 Å². The molecule has 0 radical (unpaired) electrons. The van der Waals surface area contributed by atoms with E-state index in [-0.39, 0.29) is 0 Å². The SMILES string of the molecule is O=C(Nc1ccccc1)C1(Cl)C=CNC(C(O)c2ccc(Cl)cc2)=C1. The summed E-state index contributed by atoms with van der Waals surface area (Å²) in [5.74, 6) is -0.404. The maximum Gasteiger partial charge on any atom is 0.253 e. The number of carbonyl (C=O) groups excluding carboxylic acids is 1. The summed E-state index contributed by atoms with van der Waals surface area (Å²) in [6, 6.07) is 15.9. The van der Waals surface area contributed by atoms with Crippen LogP contribution in [0.2, 0.25) is 5.02 Å². The molecule has 25 heavy (non-hydrogen) atoms. The number of carbonyl (C=O) groups is 1. The van der Waals surface area contributed by atoms with Crippen LogP contribution in [0.15, 0.2) is 78.6 Å². The molecule has 2 unspecified atom stereocenters. The van der Waals surface area contributed by atoms with Gasteiger partial charge >= 0.3 is 0 Å². The number of nitrogens with one attached hydrogen (secondary N) is 2. The van der Waals surface area contributed by atoms with Crippen LogP contribution in [0.4, 0.5) is 5.69 Å². The summed E-state index contributed by atoms with van der Waals surface area (Å²) in [5.41, 5.74) is 1.71. The van der Waals surface area contributed by atoms with E-state index in [1.54, 1.807) is 42.6 Å². The van der Waals surface area contributed by atoms with E-state index in [1.807, 2.05) is 18.2 Å². The van der Waals surface area contributed by atoms with Gasteiger partial charge in [0.25, 0.3) is 5.91 Å². The number of halogens is 2. The molecule has 1 aliphatic heterocycles. The molecule has 1 amide bonds. The third kappa shape index (κ3) is 4.04. The number of hydrogen-bond acceptors (Lipinski definition) is 3. The van der Waals surface area contributed by atoms with Crippen LogP contribution in [0, 0.1) is 0 Å². The van der Waals surface area contributed by atoms with Crippen molar-refractivity contribution in [3.63, 3.8) is 0 Å². The van der Waals surface area contributed by atoms with E-state index in [1.165, 1.54) is 12.2 Å². The van der Waals surface area contributed by atoms with Gasteiger partial charge in [-0.1, -0.05) is 53.5 Å². The van der Waals surface area contributed by atoms with Gasteiger partial charge in [0.05, 0.1) is 0 Å². The first-order valence-corrected chi connectivity index (χ1v) is 8.39. The predicted octanol–water partition coefficient (Wildman–Crippen LogP) is 3.99. The lowest BCUT2D eigenvalue weighted by Gasteiger charge is -2.26. The fourth-order valence-corrected chi connectivity index (χ4v) is 2.80. The van der Waals surface area contributed by atoms with Crippen molar-refractivity contribution in [3.05, 3.63) is 89.2 Å². The first-order chi connectivity index (χ1) is 12.0. The molecule has 128 valence electrons.